The molecule has 3 unspecified atom stereocenters. The molecule has 4 N–H and O–H groups in total. The van der Waals surface area contributed by atoms with Crippen LogP contribution in [0, 0.1) is 5.41 Å². The van der Waals surface area contributed by atoms with Gasteiger partial charge in [0.15, 0.2) is 0 Å². The third-order valence-corrected chi connectivity index (χ3v) is 4.63. The highest BCUT2D eigenvalue weighted by Gasteiger charge is 2.32. The minimum absolute atomic E-state index is 0.00940. The lowest BCUT2D eigenvalue weighted by Crippen LogP contribution is -2.47. The molecule has 1 aromatic heterocycles. The highest BCUT2D eigenvalue weighted by molar-refractivity contribution is 7.10. The third kappa shape index (κ3) is 3.59. The summed E-state index contributed by atoms with van der Waals surface area (Å²) in [5.74, 6) is -0.178. The van der Waals surface area contributed by atoms with E-state index < -0.39 is 12.1 Å². The van der Waals surface area contributed by atoms with Gasteiger partial charge >= 0.3 is 0 Å². The van der Waals surface area contributed by atoms with Gasteiger partial charge in [-0.05, 0) is 41.7 Å². The van der Waals surface area contributed by atoms with Gasteiger partial charge in [0.2, 0.25) is 5.91 Å². The molecular formula is C15H24N2O2S. The molecule has 0 bridgehead atoms. The fraction of sp³-hybridized carbons (Fsp3) is 0.667. The van der Waals surface area contributed by atoms with E-state index >= 15 is 0 Å². The molecule has 20 heavy (non-hydrogen) atoms. The number of fused-ring (bicyclic) bond motifs is 1. The van der Waals surface area contributed by atoms with E-state index in [2.05, 4.69) is 26.1 Å². The number of nitrogens with two attached hydrogens (primary N) is 1. The van der Waals surface area contributed by atoms with Crippen molar-refractivity contribution in [1.29, 1.82) is 0 Å². The normalized spacial score (nSPS) is 24.1. The van der Waals surface area contributed by atoms with Gasteiger partial charge in [0.05, 0.1) is 18.2 Å². The predicted octanol–water partition coefficient (Wildman–Crippen LogP) is 1.98. The second-order valence-corrected chi connectivity index (χ2v) is 7.76. The molecule has 0 saturated carbocycles. The van der Waals surface area contributed by atoms with Crippen molar-refractivity contribution in [3.63, 3.8) is 0 Å². The molecule has 0 saturated heterocycles. The zero-order valence-corrected chi connectivity index (χ0v) is 13.2. The molecule has 0 spiro atoms. The summed E-state index contributed by atoms with van der Waals surface area (Å²) in [5, 5.41) is 15.1. The van der Waals surface area contributed by atoms with Gasteiger partial charge in [0.25, 0.3) is 0 Å². The van der Waals surface area contributed by atoms with Crippen molar-refractivity contribution < 1.29 is 9.90 Å². The fourth-order valence-electron chi connectivity index (χ4n) is 2.67. The Bertz CT molecular complexity index is 478. The molecule has 1 aromatic rings. The Morgan fingerprint density at radius 2 is 2.30 bits per heavy atom. The number of hydrogen-bond acceptors (Lipinski definition) is 4. The maximum Gasteiger partial charge on any atom is 0.237 e. The quantitative estimate of drug-likeness (QED) is 0.798. The van der Waals surface area contributed by atoms with Crippen LogP contribution in [0.15, 0.2) is 11.4 Å². The van der Waals surface area contributed by atoms with Crippen molar-refractivity contribution in [2.45, 2.75) is 58.2 Å². The molecule has 1 aliphatic carbocycles. The SMILES string of the molecule is CC(C)(C)CC(N)C(=O)NC1c2ccsc2CCC1O. The van der Waals surface area contributed by atoms with Gasteiger partial charge in [-0.2, -0.15) is 0 Å². The van der Waals surface area contributed by atoms with E-state index in [9.17, 15) is 9.90 Å². The van der Waals surface area contributed by atoms with Gasteiger partial charge in [-0.1, -0.05) is 20.8 Å². The van der Waals surface area contributed by atoms with Crippen LogP contribution < -0.4 is 11.1 Å². The van der Waals surface area contributed by atoms with E-state index in [1.54, 1.807) is 11.3 Å². The van der Waals surface area contributed by atoms with Crippen LogP contribution in [0.4, 0.5) is 0 Å². The van der Waals surface area contributed by atoms with Crippen LogP contribution in [0.2, 0.25) is 0 Å². The fourth-order valence-corrected chi connectivity index (χ4v) is 3.62. The van der Waals surface area contributed by atoms with E-state index in [0.717, 1.165) is 12.0 Å². The Kier molecular flexibility index (Phi) is 4.52. The number of carbonyl (C=O) groups is 1. The Balaban J connectivity index is 2.05. The van der Waals surface area contributed by atoms with Gasteiger partial charge in [-0.15, -0.1) is 11.3 Å². The summed E-state index contributed by atoms with van der Waals surface area (Å²) in [4.78, 5) is 13.5. The van der Waals surface area contributed by atoms with Gasteiger partial charge in [0, 0.05) is 4.88 Å². The maximum atomic E-state index is 12.2. The molecule has 1 aliphatic rings. The van der Waals surface area contributed by atoms with Crippen LogP contribution in [0.25, 0.3) is 0 Å². The first-order valence-electron chi connectivity index (χ1n) is 7.08. The first kappa shape index (κ1) is 15.5. The number of amides is 1. The monoisotopic (exact) mass is 296 g/mol. The summed E-state index contributed by atoms with van der Waals surface area (Å²) in [5.41, 5.74) is 7.03. The van der Waals surface area contributed by atoms with Gasteiger partial charge in [0.1, 0.15) is 0 Å². The standard InChI is InChI=1S/C15H24N2O2S/c1-15(2,3)8-10(16)14(19)17-13-9-6-7-20-12(9)5-4-11(13)18/h6-7,10-11,13,18H,4-5,8,16H2,1-3H3,(H,17,19). The molecule has 0 radical (unpaired) electrons. The number of aliphatic hydroxyl groups excluding tert-OH is 1. The van der Waals surface area contributed by atoms with E-state index in [-0.39, 0.29) is 17.4 Å². The minimum atomic E-state index is -0.536. The third-order valence-electron chi connectivity index (χ3n) is 3.63. The molecule has 1 amide bonds. The van der Waals surface area contributed by atoms with Crippen LogP contribution >= 0.6 is 11.3 Å². The second-order valence-electron chi connectivity index (χ2n) is 6.76. The highest BCUT2D eigenvalue weighted by Crippen LogP contribution is 2.33. The van der Waals surface area contributed by atoms with Crippen molar-refractivity contribution in [3.8, 4) is 0 Å². The lowest BCUT2D eigenvalue weighted by molar-refractivity contribution is -0.124. The number of carbonyl (C=O) groups excluding carboxylic acids is 1. The van der Waals surface area contributed by atoms with E-state index in [1.807, 2.05) is 11.4 Å². The number of aryl methyl sites for hydroxylation is 1. The summed E-state index contributed by atoms with van der Waals surface area (Å²) >= 11 is 1.68. The van der Waals surface area contributed by atoms with Crippen molar-refractivity contribution in [2.75, 3.05) is 0 Å². The molecular weight excluding hydrogens is 272 g/mol. The summed E-state index contributed by atoms with van der Waals surface area (Å²) in [6, 6.07) is 1.14. The average Bonchev–Trinajstić information content (AvgIpc) is 2.78. The van der Waals surface area contributed by atoms with Crippen LogP contribution in [0.3, 0.4) is 0 Å². The molecule has 0 aromatic carbocycles. The minimum Gasteiger partial charge on any atom is -0.391 e. The van der Waals surface area contributed by atoms with Gasteiger partial charge < -0.3 is 16.2 Å². The molecule has 0 fully saturated rings. The molecule has 0 aliphatic heterocycles. The van der Waals surface area contributed by atoms with Crippen LogP contribution in [0.1, 0.15) is 50.1 Å². The molecule has 2 rings (SSSR count). The predicted molar refractivity (Wildman–Crippen MR) is 81.6 cm³/mol. The number of thiophene rings is 1. The van der Waals surface area contributed by atoms with E-state index in [1.165, 1.54) is 4.88 Å². The van der Waals surface area contributed by atoms with E-state index in [4.69, 9.17) is 5.73 Å². The lowest BCUT2D eigenvalue weighted by atomic mass is 9.87. The second kappa shape index (κ2) is 5.84. The van der Waals surface area contributed by atoms with Crippen LogP contribution in [0.5, 0.6) is 0 Å². The zero-order valence-electron chi connectivity index (χ0n) is 12.3. The molecule has 5 heteroatoms. The Hall–Kier alpha value is -0.910. The largest absolute Gasteiger partial charge is 0.391 e. The van der Waals surface area contributed by atoms with Crippen molar-refractivity contribution >= 4 is 17.2 Å². The first-order valence-corrected chi connectivity index (χ1v) is 7.96. The summed E-state index contributed by atoms with van der Waals surface area (Å²) in [6.45, 7) is 6.19. The van der Waals surface area contributed by atoms with Crippen LogP contribution in [-0.4, -0.2) is 23.2 Å². The molecule has 3 atom stereocenters. The summed E-state index contributed by atoms with van der Waals surface area (Å²) in [6.07, 6.45) is 1.67. The number of nitrogens with one attached hydrogen (secondary N) is 1. The Morgan fingerprint density at radius 1 is 1.60 bits per heavy atom. The average molecular weight is 296 g/mol. The first-order chi connectivity index (χ1) is 9.28. The Labute approximate surface area is 124 Å². The number of aliphatic hydroxyl groups is 1. The van der Waals surface area contributed by atoms with E-state index in [0.29, 0.717) is 12.8 Å². The van der Waals surface area contributed by atoms with Gasteiger partial charge in [-0.3, -0.25) is 4.79 Å². The van der Waals surface area contributed by atoms with Crippen molar-refractivity contribution in [3.05, 3.63) is 21.9 Å². The van der Waals surface area contributed by atoms with Crippen molar-refractivity contribution in [1.82, 2.24) is 5.32 Å². The molecule has 1 heterocycles. The summed E-state index contributed by atoms with van der Waals surface area (Å²) < 4.78 is 0. The van der Waals surface area contributed by atoms with Crippen molar-refractivity contribution in [2.24, 2.45) is 11.1 Å². The topological polar surface area (TPSA) is 75.4 Å². The summed E-state index contributed by atoms with van der Waals surface area (Å²) in [7, 11) is 0. The smallest absolute Gasteiger partial charge is 0.237 e. The highest BCUT2D eigenvalue weighted by atomic mass is 32.1. The lowest BCUT2D eigenvalue weighted by Gasteiger charge is -2.31. The Morgan fingerprint density at radius 3 is 2.95 bits per heavy atom. The molecule has 4 nitrogen and oxygen atoms in total. The van der Waals surface area contributed by atoms with Crippen LogP contribution in [-0.2, 0) is 11.2 Å². The number of rotatable bonds is 3. The van der Waals surface area contributed by atoms with Gasteiger partial charge in [-0.25, -0.2) is 0 Å². The number of hydrogen-bond donors (Lipinski definition) is 3. The maximum absolute atomic E-state index is 12.2. The zero-order chi connectivity index (χ0) is 14.9. The molecule has 112 valence electrons.